The zero-order valence-electron chi connectivity index (χ0n) is 12.9. The van der Waals surface area contributed by atoms with Crippen LogP contribution in [0.5, 0.6) is 0 Å². The van der Waals surface area contributed by atoms with E-state index in [1.165, 1.54) is 4.68 Å². The van der Waals surface area contributed by atoms with Crippen LogP contribution in [0, 0.1) is 6.92 Å². The summed E-state index contributed by atoms with van der Waals surface area (Å²) in [6.45, 7) is 1.94. The van der Waals surface area contributed by atoms with E-state index in [2.05, 4.69) is 10.4 Å². The van der Waals surface area contributed by atoms with Crippen LogP contribution in [-0.4, -0.2) is 15.7 Å². The van der Waals surface area contributed by atoms with Crippen molar-refractivity contribution in [1.82, 2.24) is 9.78 Å². The van der Waals surface area contributed by atoms with Crippen molar-refractivity contribution in [3.05, 3.63) is 71.9 Å². The van der Waals surface area contributed by atoms with Crippen molar-refractivity contribution in [3.63, 3.8) is 0 Å². The lowest BCUT2D eigenvalue weighted by Gasteiger charge is -2.25. The standard InChI is InChI=1S/C19H17N3O/c1-13-18(15-10-6-3-7-11-15)19-20-16(12-17(23)22(19)21-13)14-8-4-2-5-9-14/h2-11,16,20H,12H2,1H3/t16-/m1/s1. The van der Waals surface area contributed by atoms with E-state index in [1.807, 2.05) is 67.6 Å². The summed E-state index contributed by atoms with van der Waals surface area (Å²) >= 11 is 0. The first kappa shape index (κ1) is 13.8. The Hall–Kier alpha value is -2.88. The predicted molar refractivity (Wildman–Crippen MR) is 90.4 cm³/mol. The normalized spacial score (nSPS) is 16.7. The second kappa shape index (κ2) is 5.39. The van der Waals surface area contributed by atoms with Crippen molar-refractivity contribution in [1.29, 1.82) is 0 Å². The van der Waals surface area contributed by atoms with Crippen LogP contribution < -0.4 is 5.32 Å². The maximum Gasteiger partial charge on any atom is 0.251 e. The van der Waals surface area contributed by atoms with Gasteiger partial charge in [-0.2, -0.15) is 9.78 Å². The summed E-state index contributed by atoms with van der Waals surface area (Å²) in [5, 5.41) is 7.95. The molecule has 0 amide bonds. The maximum absolute atomic E-state index is 12.5. The van der Waals surface area contributed by atoms with Gasteiger partial charge in [0.15, 0.2) is 0 Å². The fourth-order valence-electron chi connectivity index (χ4n) is 3.16. The summed E-state index contributed by atoms with van der Waals surface area (Å²) < 4.78 is 1.51. The van der Waals surface area contributed by atoms with Crippen molar-refractivity contribution in [2.75, 3.05) is 5.32 Å². The van der Waals surface area contributed by atoms with E-state index in [1.54, 1.807) is 0 Å². The molecule has 3 aromatic rings. The van der Waals surface area contributed by atoms with Gasteiger partial charge in [-0.25, -0.2) is 0 Å². The largest absolute Gasteiger partial charge is 0.362 e. The van der Waals surface area contributed by atoms with E-state index in [-0.39, 0.29) is 11.9 Å². The van der Waals surface area contributed by atoms with Crippen molar-refractivity contribution < 1.29 is 4.79 Å². The van der Waals surface area contributed by atoms with Gasteiger partial charge in [0.1, 0.15) is 5.82 Å². The van der Waals surface area contributed by atoms with Crippen LogP contribution in [-0.2, 0) is 0 Å². The lowest BCUT2D eigenvalue weighted by molar-refractivity contribution is 0.0872. The minimum Gasteiger partial charge on any atom is -0.362 e. The molecule has 1 aliphatic rings. The molecule has 0 unspecified atom stereocenters. The lowest BCUT2D eigenvalue weighted by atomic mass is 10.00. The summed E-state index contributed by atoms with van der Waals surface area (Å²) in [6.07, 6.45) is 0.409. The number of benzene rings is 2. The molecular weight excluding hydrogens is 286 g/mol. The third-order valence-electron chi connectivity index (χ3n) is 4.25. The second-order valence-electron chi connectivity index (χ2n) is 5.79. The maximum atomic E-state index is 12.5. The molecule has 0 bridgehead atoms. The first-order chi connectivity index (χ1) is 11.2. The molecule has 1 N–H and O–H groups in total. The Bertz CT molecular complexity index is 853. The van der Waals surface area contributed by atoms with Crippen molar-refractivity contribution in [2.45, 2.75) is 19.4 Å². The van der Waals surface area contributed by atoms with Crippen LogP contribution in [0.15, 0.2) is 60.7 Å². The van der Waals surface area contributed by atoms with Gasteiger partial charge in [-0.15, -0.1) is 0 Å². The monoisotopic (exact) mass is 303 g/mol. The summed E-state index contributed by atoms with van der Waals surface area (Å²) in [5.74, 6) is 0.816. The third-order valence-corrected chi connectivity index (χ3v) is 4.25. The molecule has 1 atom stereocenters. The topological polar surface area (TPSA) is 46.9 Å². The number of hydrogen-bond acceptors (Lipinski definition) is 3. The van der Waals surface area contributed by atoms with E-state index in [0.717, 1.165) is 28.2 Å². The quantitative estimate of drug-likeness (QED) is 0.776. The molecule has 1 aromatic heterocycles. The molecule has 0 aliphatic carbocycles. The fraction of sp³-hybridized carbons (Fsp3) is 0.158. The first-order valence-corrected chi connectivity index (χ1v) is 7.74. The van der Waals surface area contributed by atoms with Crippen LogP contribution in [0.25, 0.3) is 11.1 Å². The van der Waals surface area contributed by atoms with Gasteiger partial charge in [0, 0.05) is 5.56 Å². The molecule has 0 saturated carbocycles. The van der Waals surface area contributed by atoms with Crippen LogP contribution in [0.3, 0.4) is 0 Å². The Morgan fingerprint density at radius 1 is 1.04 bits per heavy atom. The molecule has 4 heteroatoms. The van der Waals surface area contributed by atoms with Gasteiger partial charge in [-0.1, -0.05) is 60.7 Å². The van der Waals surface area contributed by atoms with Gasteiger partial charge in [-0.3, -0.25) is 4.79 Å². The molecule has 0 spiro atoms. The highest BCUT2D eigenvalue weighted by Crippen LogP contribution is 2.37. The molecule has 2 aromatic carbocycles. The Balaban J connectivity index is 1.81. The number of nitrogens with one attached hydrogen (secondary N) is 1. The van der Waals surface area contributed by atoms with Gasteiger partial charge in [0.2, 0.25) is 0 Å². The average molecular weight is 303 g/mol. The van der Waals surface area contributed by atoms with E-state index < -0.39 is 0 Å². The van der Waals surface area contributed by atoms with Gasteiger partial charge < -0.3 is 5.32 Å². The summed E-state index contributed by atoms with van der Waals surface area (Å²) in [7, 11) is 0. The zero-order valence-corrected chi connectivity index (χ0v) is 12.9. The molecule has 1 aliphatic heterocycles. The van der Waals surface area contributed by atoms with Gasteiger partial charge in [0.05, 0.1) is 18.2 Å². The van der Waals surface area contributed by atoms with Gasteiger partial charge in [0.25, 0.3) is 5.91 Å². The Labute approximate surface area is 134 Å². The highest BCUT2D eigenvalue weighted by atomic mass is 16.2. The van der Waals surface area contributed by atoms with E-state index >= 15 is 0 Å². The molecule has 23 heavy (non-hydrogen) atoms. The Morgan fingerprint density at radius 2 is 1.70 bits per heavy atom. The van der Waals surface area contributed by atoms with Crippen LogP contribution in [0.2, 0.25) is 0 Å². The van der Waals surface area contributed by atoms with Crippen molar-refractivity contribution in [3.8, 4) is 11.1 Å². The van der Waals surface area contributed by atoms with Crippen LogP contribution >= 0.6 is 0 Å². The summed E-state index contributed by atoms with van der Waals surface area (Å²) in [4.78, 5) is 12.5. The minimum absolute atomic E-state index is 0.0187. The van der Waals surface area contributed by atoms with Crippen LogP contribution in [0.4, 0.5) is 5.82 Å². The number of carbonyl (C=O) groups is 1. The number of aromatic nitrogens is 2. The van der Waals surface area contributed by atoms with Crippen molar-refractivity contribution in [2.24, 2.45) is 0 Å². The summed E-state index contributed by atoms with van der Waals surface area (Å²) in [5.41, 5.74) is 4.05. The minimum atomic E-state index is -0.0187. The summed E-state index contributed by atoms with van der Waals surface area (Å²) in [6, 6.07) is 20.1. The molecule has 0 fully saturated rings. The van der Waals surface area contributed by atoms with E-state index in [0.29, 0.717) is 6.42 Å². The molecular formula is C19H17N3O. The highest BCUT2D eigenvalue weighted by molar-refractivity contribution is 5.91. The van der Waals surface area contributed by atoms with Crippen molar-refractivity contribution >= 4 is 11.7 Å². The number of rotatable bonds is 2. The first-order valence-electron chi connectivity index (χ1n) is 7.74. The van der Waals surface area contributed by atoms with Gasteiger partial charge >= 0.3 is 0 Å². The molecule has 0 radical (unpaired) electrons. The van der Waals surface area contributed by atoms with Crippen LogP contribution in [0.1, 0.15) is 28.5 Å². The molecule has 4 rings (SSSR count). The number of nitrogens with zero attached hydrogens (tertiary/aromatic N) is 2. The van der Waals surface area contributed by atoms with E-state index in [4.69, 9.17) is 0 Å². The molecule has 114 valence electrons. The SMILES string of the molecule is Cc1nn2c(c1-c1ccccc1)N[C@@H](c1ccccc1)CC2=O. The highest BCUT2D eigenvalue weighted by Gasteiger charge is 2.30. The second-order valence-corrected chi connectivity index (χ2v) is 5.79. The average Bonchev–Trinajstić information content (AvgIpc) is 2.93. The molecule has 0 saturated heterocycles. The lowest BCUT2D eigenvalue weighted by Crippen LogP contribution is -2.28. The Morgan fingerprint density at radius 3 is 2.39 bits per heavy atom. The number of fused-ring (bicyclic) bond motifs is 1. The number of hydrogen-bond donors (Lipinski definition) is 1. The zero-order chi connectivity index (χ0) is 15.8. The predicted octanol–water partition coefficient (Wildman–Crippen LogP) is 4.06. The molecule has 4 nitrogen and oxygen atoms in total. The Kier molecular flexibility index (Phi) is 3.23. The third kappa shape index (κ3) is 2.32. The number of anilines is 1. The number of carbonyl (C=O) groups excluding carboxylic acids is 1. The van der Waals surface area contributed by atoms with E-state index in [9.17, 15) is 4.79 Å². The smallest absolute Gasteiger partial charge is 0.251 e. The fourth-order valence-corrected chi connectivity index (χ4v) is 3.16. The molecule has 2 heterocycles. The number of aryl methyl sites for hydroxylation is 1. The van der Waals surface area contributed by atoms with Gasteiger partial charge in [-0.05, 0) is 18.1 Å².